The molecule has 0 aliphatic carbocycles. The van der Waals surface area contributed by atoms with Crippen molar-refractivity contribution in [3.8, 4) is 0 Å². The Labute approximate surface area is 124 Å². The summed E-state index contributed by atoms with van der Waals surface area (Å²) in [6.07, 6.45) is -4.73. The fourth-order valence-electron chi connectivity index (χ4n) is 2.48. The molecule has 9 heteroatoms. The first-order valence-corrected chi connectivity index (χ1v) is 6.76. The molecule has 1 fully saturated rings. The number of hydrogen-bond acceptors (Lipinski definition) is 5. The third-order valence-corrected chi connectivity index (χ3v) is 3.52. The Kier molecular flexibility index (Phi) is 4.08. The molecule has 1 unspecified atom stereocenters. The number of nitrogens with one attached hydrogen (secondary N) is 1. The van der Waals surface area contributed by atoms with E-state index in [1.165, 1.54) is 12.1 Å². The van der Waals surface area contributed by atoms with Crippen molar-refractivity contribution in [2.24, 2.45) is 0 Å². The predicted octanol–water partition coefficient (Wildman–Crippen LogP) is 1.79. The number of H-pyrrole nitrogens is 1. The summed E-state index contributed by atoms with van der Waals surface area (Å²) in [5.41, 5.74) is -0.346. The number of aromatic amines is 1. The molecule has 3 rings (SSSR count). The van der Waals surface area contributed by atoms with Crippen LogP contribution in [-0.2, 0) is 17.5 Å². The van der Waals surface area contributed by atoms with Gasteiger partial charge in [-0.2, -0.15) is 18.4 Å². The van der Waals surface area contributed by atoms with E-state index in [0.29, 0.717) is 25.5 Å². The molecule has 1 N–H and O–H groups in total. The average molecular weight is 313 g/mol. The molecule has 1 aromatic heterocycles. The Morgan fingerprint density at radius 3 is 2.86 bits per heavy atom. The Hall–Kier alpha value is -2.00. The Morgan fingerprint density at radius 1 is 1.32 bits per heavy atom. The van der Waals surface area contributed by atoms with Gasteiger partial charge in [0.1, 0.15) is 6.10 Å². The van der Waals surface area contributed by atoms with Crippen molar-refractivity contribution in [2.45, 2.75) is 18.8 Å². The van der Waals surface area contributed by atoms with E-state index in [9.17, 15) is 13.2 Å². The number of benzene rings is 1. The third-order valence-electron chi connectivity index (χ3n) is 3.52. The van der Waals surface area contributed by atoms with Gasteiger partial charge in [0, 0.05) is 19.6 Å². The van der Waals surface area contributed by atoms with Crippen LogP contribution in [0, 0.1) is 0 Å². The Morgan fingerprint density at radius 2 is 2.14 bits per heavy atom. The molecule has 2 aromatic rings. The Balaban J connectivity index is 1.74. The topological polar surface area (TPSA) is 66.9 Å². The number of hydrogen-bond donors (Lipinski definition) is 1. The summed E-state index contributed by atoms with van der Waals surface area (Å²) in [6, 6.07) is 5.61. The van der Waals surface area contributed by atoms with E-state index < -0.39 is 11.7 Å². The van der Waals surface area contributed by atoms with Crippen LogP contribution in [0.25, 0.3) is 0 Å². The number of tetrazole rings is 1. The van der Waals surface area contributed by atoms with Crippen molar-refractivity contribution in [2.75, 3.05) is 19.7 Å². The van der Waals surface area contributed by atoms with Gasteiger partial charge in [-0.3, -0.25) is 4.90 Å². The molecular formula is C13H14F3N5O. The molecule has 1 atom stereocenters. The van der Waals surface area contributed by atoms with Gasteiger partial charge in [-0.1, -0.05) is 23.4 Å². The van der Waals surface area contributed by atoms with Crippen molar-refractivity contribution < 1.29 is 17.9 Å². The highest BCUT2D eigenvalue weighted by molar-refractivity contribution is 5.29. The number of aromatic nitrogens is 4. The van der Waals surface area contributed by atoms with Crippen LogP contribution in [0.5, 0.6) is 0 Å². The molecule has 1 aliphatic heterocycles. The highest BCUT2D eigenvalue weighted by Crippen LogP contribution is 2.32. The summed E-state index contributed by atoms with van der Waals surface area (Å²) < 4.78 is 44.6. The van der Waals surface area contributed by atoms with Gasteiger partial charge in [0.15, 0.2) is 0 Å². The molecule has 1 aromatic carbocycles. The Bertz CT molecular complexity index is 616. The number of ether oxygens (including phenoxy) is 1. The first-order chi connectivity index (χ1) is 10.5. The monoisotopic (exact) mass is 313 g/mol. The summed E-state index contributed by atoms with van der Waals surface area (Å²) in [4.78, 5) is 1.90. The molecule has 0 amide bonds. The van der Waals surface area contributed by atoms with E-state index in [2.05, 4.69) is 20.6 Å². The summed E-state index contributed by atoms with van der Waals surface area (Å²) in [5, 5.41) is 13.5. The molecule has 0 saturated carbocycles. The zero-order valence-corrected chi connectivity index (χ0v) is 11.5. The molecular weight excluding hydrogens is 299 g/mol. The quantitative estimate of drug-likeness (QED) is 0.936. The second-order valence-electron chi connectivity index (χ2n) is 5.02. The predicted molar refractivity (Wildman–Crippen MR) is 69.6 cm³/mol. The van der Waals surface area contributed by atoms with Crippen molar-refractivity contribution >= 4 is 0 Å². The lowest BCUT2D eigenvalue weighted by Crippen LogP contribution is -2.38. The van der Waals surface area contributed by atoms with Crippen LogP contribution in [0.2, 0.25) is 0 Å². The van der Waals surface area contributed by atoms with Gasteiger partial charge >= 0.3 is 6.18 Å². The molecule has 118 valence electrons. The third kappa shape index (κ3) is 3.25. The van der Waals surface area contributed by atoms with E-state index in [0.717, 1.165) is 6.07 Å². The van der Waals surface area contributed by atoms with Gasteiger partial charge in [0.2, 0.25) is 5.82 Å². The number of nitrogens with zero attached hydrogens (tertiary/aromatic N) is 4. The van der Waals surface area contributed by atoms with E-state index in [1.54, 1.807) is 6.07 Å². The van der Waals surface area contributed by atoms with Gasteiger partial charge in [-0.25, -0.2) is 0 Å². The molecule has 1 saturated heterocycles. The minimum absolute atomic E-state index is 0.202. The second-order valence-corrected chi connectivity index (χ2v) is 5.02. The fraction of sp³-hybridized carbons (Fsp3) is 0.462. The van der Waals surface area contributed by atoms with Crippen molar-refractivity contribution in [3.63, 3.8) is 0 Å². The van der Waals surface area contributed by atoms with Crippen LogP contribution in [0.3, 0.4) is 0 Å². The van der Waals surface area contributed by atoms with Crippen LogP contribution >= 0.6 is 0 Å². The summed E-state index contributed by atoms with van der Waals surface area (Å²) in [5.74, 6) is 0.411. The first-order valence-electron chi connectivity index (χ1n) is 6.76. The largest absolute Gasteiger partial charge is 0.416 e. The SMILES string of the molecule is FC(F)(F)c1ccccc1CN1CCOC(c2nn[nH]n2)C1. The van der Waals surface area contributed by atoms with Gasteiger partial charge in [-0.05, 0) is 11.6 Å². The van der Waals surface area contributed by atoms with Crippen molar-refractivity contribution in [1.82, 2.24) is 25.5 Å². The fourth-order valence-corrected chi connectivity index (χ4v) is 2.48. The molecule has 1 aliphatic rings. The minimum Gasteiger partial charge on any atom is -0.367 e. The first kappa shape index (κ1) is 14.9. The van der Waals surface area contributed by atoms with Crippen LogP contribution in [-0.4, -0.2) is 45.2 Å². The summed E-state index contributed by atoms with van der Waals surface area (Å²) in [6.45, 7) is 1.59. The molecule has 0 radical (unpaired) electrons. The molecule has 0 spiro atoms. The van der Waals surface area contributed by atoms with Gasteiger partial charge in [-0.15, -0.1) is 10.2 Å². The molecule has 6 nitrogen and oxygen atoms in total. The zero-order chi connectivity index (χ0) is 15.6. The van der Waals surface area contributed by atoms with Crippen LogP contribution in [0.1, 0.15) is 23.1 Å². The van der Waals surface area contributed by atoms with Gasteiger partial charge < -0.3 is 4.74 Å². The van der Waals surface area contributed by atoms with Gasteiger partial charge in [0.25, 0.3) is 0 Å². The minimum atomic E-state index is -4.35. The normalized spacial score (nSPS) is 20.2. The highest BCUT2D eigenvalue weighted by atomic mass is 19.4. The lowest BCUT2D eigenvalue weighted by atomic mass is 10.1. The number of rotatable bonds is 3. The lowest BCUT2D eigenvalue weighted by Gasteiger charge is -2.31. The highest BCUT2D eigenvalue weighted by Gasteiger charge is 2.34. The average Bonchev–Trinajstić information content (AvgIpc) is 3.01. The van der Waals surface area contributed by atoms with Crippen LogP contribution < -0.4 is 0 Å². The summed E-state index contributed by atoms with van der Waals surface area (Å²) in [7, 11) is 0. The summed E-state index contributed by atoms with van der Waals surface area (Å²) >= 11 is 0. The number of halogens is 3. The van der Waals surface area contributed by atoms with Gasteiger partial charge in [0.05, 0.1) is 12.2 Å². The van der Waals surface area contributed by atoms with Crippen LogP contribution in [0.15, 0.2) is 24.3 Å². The number of morpholine rings is 1. The second kappa shape index (κ2) is 6.01. The maximum Gasteiger partial charge on any atom is 0.416 e. The van der Waals surface area contributed by atoms with Crippen molar-refractivity contribution in [1.29, 1.82) is 0 Å². The number of alkyl halides is 3. The lowest BCUT2D eigenvalue weighted by molar-refractivity contribution is -0.138. The van der Waals surface area contributed by atoms with Crippen LogP contribution in [0.4, 0.5) is 13.2 Å². The van der Waals surface area contributed by atoms with Crippen molar-refractivity contribution in [3.05, 3.63) is 41.2 Å². The smallest absolute Gasteiger partial charge is 0.367 e. The maximum absolute atomic E-state index is 13.0. The zero-order valence-electron chi connectivity index (χ0n) is 11.5. The van der Waals surface area contributed by atoms with E-state index in [1.807, 2.05) is 4.90 Å². The van der Waals surface area contributed by atoms with E-state index >= 15 is 0 Å². The standard InChI is InChI=1S/C13H14F3N5O/c14-13(15,16)10-4-2-1-3-9(10)7-21-5-6-22-11(8-21)12-17-19-20-18-12/h1-4,11H,5-8H2,(H,17,18,19,20). The molecule has 0 bridgehead atoms. The molecule has 22 heavy (non-hydrogen) atoms. The van der Waals surface area contributed by atoms with E-state index in [-0.39, 0.29) is 18.2 Å². The van der Waals surface area contributed by atoms with E-state index in [4.69, 9.17) is 4.74 Å². The molecule has 2 heterocycles. The maximum atomic E-state index is 13.0.